The minimum Gasteiger partial charge on any atom is -0.481 e. The zero-order valence-corrected chi connectivity index (χ0v) is 19.1. The molecule has 8 heteroatoms. The van der Waals surface area contributed by atoms with E-state index < -0.39 is 16.0 Å². The summed E-state index contributed by atoms with van der Waals surface area (Å²) in [5.74, 6) is -1.30. The number of benzene rings is 3. The Bertz CT molecular complexity index is 1300. The lowest BCUT2D eigenvalue weighted by Gasteiger charge is -2.33. The summed E-state index contributed by atoms with van der Waals surface area (Å²) in [5.41, 5.74) is 2.43. The predicted molar refractivity (Wildman–Crippen MR) is 122 cm³/mol. The molecule has 0 aliphatic carbocycles. The van der Waals surface area contributed by atoms with Gasteiger partial charge in [0.1, 0.15) is 10.7 Å². The molecule has 3 aromatic carbocycles. The van der Waals surface area contributed by atoms with Gasteiger partial charge < -0.3 is 5.11 Å². The van der Waals surface area contributed by atoms with Gasteiger partial charge in [-0.1, -0.05) is 35.9 Å². The van der Waals surface area contributed by atoms with Crippen molar-refractivity contribution >= 4 is 38.4 Å². The number of sulfonamides is 1. The van der Waals surface area contributed by atoms with Crippen LogP contribution in [0.5, 0.6) is 0 Å². The highest BCUT2D eigenvalue weighted by Crippen LogP contribution is 2.39. The van der Waals surface area contributed by atoms with E-state index in [0.29, 0.717) is 31.5 Å². The fourth-order valence-corrected chi connectivity index (χ4v) is 6.57. The molecule has 0 atom stereocenters. The number of carbonyl (C=O) groups is 1. The van der Waals surface area contributed by atoms with Crippen molar-refractivity contribution in [2.75, 3.05) is 13.1 Å². The van der Waals surface area contributed by atoms with Crippen LogP contribution in [0, 0.1) is 12.7 Å². The Morgan fingerprint density at radius 3 is 2.50 bits per heavy atom. The van der Waals surface area contributed by atoms with Crippen molar-refractivity contribution in [3.63, 3.8) is 0 Å². The second kappa shape index (κ2) is 8.81. The summed E-state index contributed by atoms with van der Waals surface area (Å²) in [5, 5.41) is 11.0. The smallest absolute Gasteiger partial charge is 0.307 e. The van der Waals surface area contributed by atoms with E-state index in [1.54, 1.807) is 30.3 Å². The Morgan fingerprint density at radius 2 is 1.84 bits per heavy atom. The van der Waals surface area contributed by atoms with Crippen molar-refractivity contribution in [2.24, 2.45) is 0 Å². The number of halogens is 2. The predicted octanol–water partition coefficient (Wildman–Crippen LogP) is 5.14. The number of hydrogen-bond acceptors (Lipinski definition) is 3. The Kier molecular flexibility index (Phi) is 6.25. The lowest BCUT2D eigenvalue weighted by atomic mass is 9.82. The van der Waals surface area contributed by atoms with Crippen molar-refractivity contribution in [1.29, 1.82) is 0 Å². The fourth-order valence-electron chi connectivity index (χ4n) is 4.61. The summed E-state index contributed by atoms with van der Waals surface area (Å²) in [6.45, 7) is 2.47. The van der Waals surface area contributed by atoms with Crippen LogP contribution in [-0.4, -0.2) is 36.9 Å². The van der Waals surface area contributed by atoms with Crippen LogP contribution in [0.15, 0.2) is 53.4 Å². The molecule has 1 saturated heterocycles. The van der Waals surface area contributed by atoms with Crippen LogP contribution in [0.2, 0.25) is 5.02 Å². The largest absolute Gasteiger partial charge is 0.481 e. The molecule has 5 nitrogen and oxygen atoms in total. The molecule has 0 spiro atoms. The summed E-state index contributed by atoms with van der Waals surface area (Å²) < 4.78 is 41.7. The number of fused-ring (bicyclic) bond motifs is 1. The lowest BCUT2D eigenvalue weighted by molar-refractivity contribution is -0.136. The van der Waals surface area contributed by atoms with E-state index >= 15 is 0 Å². The second-order valence-electron chi connectivity index (χ2n) is 8.12. The number of hydrogen-bond donors (Lipinski definition) is 1. The molecule has 168 valence electrons. The molecule has 0 saturated carbocycles. The van der Waals surface area contributed by atoms with Crippen LogP contribution < -0.4 is 0 Å². The number of nitrogens with zero attached hydrogens (tertiary/aromatic N) is 1. The minimum absolute atomic E-state index is 0.00857. The summed E-state index contributed by atoms with van der Waals surface area (Å²) in [4.78, 5) is 11.5. The zero-order valence-electron chi connectivity index (χ0n) is 17.5. The molecule has 0 bridgehead atoms. The van der Waals surface area contributed by atoms with Crippen LogP contribution in [0.3, 0.4) is 0 Å². The van der Waals surface area contributed by atoms with Crippen LogP contribution in [0.4, 0.5) is 4.39 Å². The first-order valence-electron chi connectivity index (χ1n) is 10.4. The van der Waals surface area contributed by atoms with Gasteiger partial charge in [0.2, 0.25) is 10.0 Å². The number of piperidine rings is 1. The Balaban J connectivity index is 1.68. The Labute approximate surface area is 191 Å². The summed E-state index contributed by atoms with van der Waals surface area (Å²) in [6, 6.07) is 12.7. The number of aliphatic carboxylic acids is 1. The number of rotatable bonds is 5. The van der Waals surface area contributed by atoms with Gasteiger partial charge >= 0.3 is 5.97 Å². The maximum atomic E-state index is 14.1. The monoisotopic (exact) mass is 475 g/mol. The average molecular weight is 476 g/mol. The van der Waals surface area contributed by atoms with Crippen LogP contribution in [-0.2, 0) is 21.2 Å². The molecule has 1 aliphatic rings. The average Bonchev–Trinajstić information content (AvgIpc) is 2.75. The molecular formula is C24H23ClFNO4S. The van der Waals surface area contributed by atoms with E-state index in [2.05, 4.69) is 0 Å². The molecule has 0 amide bonds. The summed E-state index contributed by atoms with van der Waals surface area (Å²) in [7, 11) is -3.72. The van der Waals surface area contributed by atoms with Crippen molar-refractivity contribution in [1.82, 2.24) is 4.31 Å². The van der Waals surface area contributed by atoms with Crippen molar-refractivity contribution < 1.29 is 22.7 Å². The molecule has 1 fully saturated rings. The van der Waals surface area contributed by atoms with E-state index in [-0.39, 0.29) is 28.1 Å². The molecule has 1 heterocycles. The quantitative estimate of drug-likeness (QED) is 0.554. The lowest BCUT2D eigenvalue weighted by Crippen LogP contribution is -2.38. The summed E-state index contributed by atoms with van der Waals surface area (Å²) in [6.07, 6.45) is 0.977. The molecule has 4 rings (SSSR count). The maximum Gasteiger partial charge on any atom is 0.307 e. The van der Waals surface area contributed by atoms with E-state index in [9.17, 15) is 22.7 Å². The first-order valence-corrected chi connectivity index (χ1v) is 12.2. The SMILES string of the molecule is Cc1c(CC(=O)O)cc2ccc(F)cc2c1C1CCN(S(=O)(=O)c2ccccc2Cl)CC1. The maximum absolute atomic E-state index is 14.1. The normalized spacial score (nSPS) is 15.8. The first-order chi connectivity index (χ1) is 15.2. The zero-order chi connectivity index (χ0) is 23.0. The standard InChI is InChI=1S/C24H23ClFNO4S/c1-15-18(13-23(28)29)12-17-6-7-19(26)14-20(17)24(15)16-8-10-27(11-9-16)32(30,31)22-5-3-2-4-21(22)25/h2-7,12,14,16H,8-11,13H2,1H3,(H,28,29). The van der Waals surface area contributed by atoms with Gasteiger partial charge in [-0.25, -0.2) is 12.8 Å². The number of carboxylic acid groups (broad SMARTS) is 1. The van der Waals surface area contributed by atoms with Gasteiger partial charge in [0.25, 0.3) is 0 Å². The topological polar surface area (TPSA) is 74.7 Å². The molecule has 3 aromatic rings. The third-order valence-electron chi connectivity index (χ3n) is 6.18. The van der Waals surface area contributed by atoms with Crippen LogP contribution in [0.1, 0.15) is 35.4 Å². The van der Waals surface area contributed by atoms with Gasteiger partial charge in [-0.3, -0.25) is 4.79 Å². The van der Waals surface area contributed by atoms with Crippen LogP contribution >= 0.6 is 11.6 Å². The van der Waals surface area contributed by atoms with Gasteiger partial charge in [-0.15, -0.1) is 0 Å². The molecule has 0 unspecified atom stereocenters. The molecule has 1 N–H and O–H groups in total. The van der Waals surface area contributed by atoms with Crippen molar-refractivity contribution in [2.45, 2.75) is 37.0 Å². The highest BCUT2D eigenvalue weighted by Gasteiger charge is 2.32. The third kappa shape index (κ3) is 4.25. The van der Waals surface area contributed by atoms with Gasteiger partial charge in [0.15, 0.2) is 0 Å². The highest BCUT2D eigenvalue weighted by molar-refractivity contribution is 7.89. The van der Waals surface area contributed by atoms with Gasteiger partial charge in [0.05, 0.1) is 11.4 Å². The fraction of sp³-hybridized carbons (Fsp3) is 0.292. The summed E-state index contributed by atoms with van der Waals surface area (Å²) >= 11 is 6.12. The van der Waals surface area contributed by atoms with E-state index in [4.69, 9.17) is 11.6 Å². The number of carboxylic acids is 1. The van der Waals surface area contributed by atoms with E-state index in [1.165, 1.54) is 22.5 Å². The first kappa shape index (κ1) is 22.7. The second-order valence-corrected chi connectivity index (χ2v) is 10.4. The van der Waals surface area contributed by atoms with Crippen molar-refractivity contribution in [3.05, 3.63) is 76.1 Å². The van der Waals surface area contributed by atoms with Gasteiger partial charge in [-0.2, -0.15) is 4.31 Å². The van der Waals surface area contributed by atoms with Gasteiger partial charge in [0, 0.05) is 13.1 Å². The Morgan fingerprint density at radius 1 is 1.16 bits per heavy atom. The van der Waals surface area contributed by atoms with Crippen LogP contribution in [0.25, 0.3) is 10.8 Å². The molecule has 0 aromatic heterocycles. The molecule has 0 radical (unpaired) electrons. The van der Waals surface area contributed by atoms with E-state index in [1.807, 2.05) is 6.92 Å². The Hall–Kier alpha value is -2.48. The molecule has 1 aliphatic heterocycles. The molecular weight excluding hydrogens is 453 g/mol. The van der Waals surface area contributed by atoms with Gasteiger partial charge in [-0.05, 0) is 77.4 Å². The van der Waals surface area contributed by atoms with E-state index in [0.717, 1.165) is 21.9 Å². The minimum atomic E-state index is -3.72. The molecule has 32 heavy (non-hydrogen) atoms. The van der Waals surface area contributed by atoms with Crippen molar-refractivity contribution in [3.8, 4) is 0 Å². The third-order valence-corrected chi connectivity index (χ3v) is 8.58. The highest BCUT2D eigenvalue weighted by atomic mass is 35.5.